The van der Waals surface area contributed by atoms with E-state index >= 15 is 0 Å². The van der Waals surface area contributed by atoms with Gasteiger partial charge >= 0.3 is 6.18 Å². The number of pyridine rings is 1. The van der Waals surface area contributed by atoms with Crippen LogP contribution in [0.5, 0.6) is 5.75 Å². The number of aromatic nitrogens is 1. The molecule has 318 valence electrons. The second-order valence-electron chi connectivity index (χ2n) is 15.8. The number of nitrogens with zero attached hydrogens (tertiary/aromatic N) is 5. The molecule has 4 heterocycles. The molecule has 13 nitrogen and oxygen atoms in total. The second-order valence-corrected chi connectivity index (χ2v) is 16.7. The maximum Gasteiger partial charge on any atom is 0.419 e. The van der Waals surface area contributed by atoms with Gasteiger partial charge in [-0.2, -0.15) is 18.4 Å². The van der Waals surface area contributed by atoms with Crippen molar-refractivity contribution < 1.29 is 37.1 Å². The molecular formula is C42H46ClF3N8O5S. The van der Waals surface area contributed by atoms with Crippen molar-refractivity contribution in [2.24, 2.45) is 5.92 Å². The monoisotopic (exact) mass is 866 g/mol. The van der Waals surface area contributed by atoms with Gasteiger partial charge in [-0.05, 0) is 125 Å². The van der Waals surface area contributed by atoms with E-state index in [1.54, 1.807) is 18.2 Å². The van der Waals surface area contributed by atoms with Crippen molar-refractivity contribution in [1.29, 1.82) is 5.26 Å². The maximum atomic E-state index is 14.0. The van der Waals surface area contributed by atoms with Crippen molar-refractivity contribution in [2.75, 3.05) is 40.1 Å². The van der Waals surface area contributed by atoms with Crippen molar-refractivity contribution in [2.45, 2.75) is 101 Å². The summed E-state index contributed by atoms with van der Waals surface area (Å²) >= 11 is 11.1. The first-order chi connectivity index (χ1) is 28.6. The van der Waals surface area contributed by atoms with Gasteiger partial charge in [0, 0.05) is 28.5 Å². The first-order valence-corrected chi connectivity index (χ1v) is 21.0. The van der Waals surface area contributed by atoms with E-state index in [-0.39, 0.29) is 29.8 Å². The molecule has 0 radical (unpaired) electrons. The van der Waals surface area contributed by atoms with Crippen LogP contribution in [0.1, 0.15) is 82.0 Å². The number of alkyl halides is 3. The SMILES string of the molecule is CCc1cc(N2[C@H](S)N(c3cnc(C#N)c(C(F)(F)F)c3)C(=O)C23CCC3)ccc1OCCC1CCN([C@@H](C)C(=O)Nc2cc(Cl)cc(N[C@H]3CCC(=O)NC3=O)c2)CC1. The zero-order valence-electron chi connectivity index (χ0n) is 33.1. The number of anilines is 4. The third-order valence-electron chi connectivity index (χ3n) is 12.1. The topological polar surface area (TPSA) is 160 Å². The minimum atomic E-state index is -4.83. The number of piperidine rings is 2. The highest BCUT2D eigenvalue weighted by Gasteiger charge is 2.60. The molecule has 4 aliphatic rings. The van der Waals surface area contributed by atoms with Gasteiger partial charge in [0.25, 0.3) is 5.91 Å². The summed E-state index contributed by atoms with van der Waals surface area (Å²) < 4.78 is 47.8. The number of nitrogens with one attached hydrogen (secondary N) is 3. The summed E-state index contributed by atoms with van der Waals surface area (Å²) in [7, 11) is 0. The van der Waals surface area contributed by atoms with Crippen molar-refractivity contribution in [3.8, 4) is 11.8 Å². The number of ether oxygens (including phenoxy) is 1. The molecule has 1 saturated carbocycles. The molecule has 0 unspecified atom stereocenters. The van der Waals surface area contributed by atoms with Crippen LogP contribution >= 0.6 is 24.2 Å². The van der Waals surface area contributed by atoms with Gasteiger partial charge in [-0.1, -0.05) is 18.5 Å². The van der Waals surface area contributed by atoms with Crippen molar-refractivity contribution >= 4 is 70.6 Å². The lowest BCUT2D eigenvalue weighted by molar-refractivity contribution is -0.138. The zero-order chi connectivity index (χ0) is 42.9. The number of hydrogen-bond donors (Lipinski definition) is 4. The Morgan fingerprint density at radius 1 is 1.10 bits per heavy atom. The van der Waals surface area contributed by atoms with Crippen molar-refractivity contribution in [3.63, 3.8) is 0 Å². The Morgan fingerprint density at radius 3 is 2.48 bits per heavy atom. The number of nitriles is 1. The number of benzene rings is 2. The third-order valence-corrected chi connectivity index (χ3v) is 12.8. The first kappa shape index (κ1) is 43.1. The van der Waals surface area contributed by atoms with Gasteiger partial charge in [0.15, 0.2) is 11.2 Å². The molecule has 60 heavy (non-hydrogen) atoms. The predicted octanol–water partition coefficient (Wildman–Crippen LogP) is 6.90. The van der Waals surface area contributed by atoms with Crippen LogP contribution in [0.25, 0.3) is 0 Å². The highest BCUT2D eigenvalue weighted by Crippen LogP contribution is 2.51. The smallest absolute Gasteiger partial charge is 0.419 e. The number of amides is 4. The number of halogens is 4. The minimum Gasteiger partial charge on any atom is -0.493 e. The van der Waals surface area contributed by atoms with Crippen LogP contribution < -0.4 is 30.5 Å². The lowest BCUT2D eigenvalue weighted by atomic mass is 9.75. The molecule has 1 aromatic heterocycles. The molecule has 3 atom stereocenters. The Balaban J connectivity index is 0.927. The Kier molecular flexibility index (Phi) is 12.6. The van der Waals surface area contributed by atoms with E-state index < -0.39 is 46.5 Å². The maximum absolute atomic E-state index is 14.0. The fraction of sp³-hybridized carbons (Fsp3) is 0.476. The number of aryl methyl sites for hydroxylation is 1. The number of hydrogen-bond acceptors (Lipinski definition) is 11. The molecule has 1 aliphatic carbocycles. The molecule has 4 fully saturated rings. The van der Waals surface area contributed by atoms with Gasteiger partial charge in [-0.25, -0.2) is 4.98 Å². The van der Waals surface area contributed by atoms with Gasteiger partial charge in [0.2, 0.25) is 17.7 Å². The first-order valence-electron chi connectivity index (χ1n) is 20.1. The average molecular weight is 867 g/mol. The molecular weight excluding hydrogens is 821 g/mol. The van der Waals surface area contributed by atoms with E-state index in [0.717, 1.165) is 56.6 Å². The Labute approximate surface area is 356 Å². The van der Waals surface area contributed by atoms with Crippen LogP contribution in [0.3, 0.4) is 0 Å². The molecule has 3 aliphatic heterocycles. The summed E-state index contributed by atoms with van der Waals surface area (Å²) in [5.41, 5.74) is -1.25. The van der Waals surface area contributed by atoms with E-state index in [1.165, 1.54) is 11.0 Å². The molecule has 3 aromatic rings. The number of likely N-dealkylation sites (tertiary alicyclic amines) is 1. The molecule has 3 N–H and O–H groups in total. The van der Waals surface area contributed by atoms with Crippen LogP contribution in [-0.2, 0) is 31.8 Å². The number of carbonyl (C=O) groups excluding carboxylic acids is 4. The molecule has 18 heteroatoms. The van der Waals surface area contributed by atoms with Gasteiger partial charge in [-0.3, -0.25) is 34.3 Å². The minimum absolute atomic E-state index is 0.0754. The van der Waals surface area contributed by atoms with Crippen LogP contribution in [-0.4, -0.2) is 76.3 Å². The normalized spacial score (nSPS) is 21.3. The zero-order valence-corrected chi connectivity index (χ0v) is 34.8. The summed E-state index contributed by atoms with van der Waals surface area (Å²) in [6.07, 6.45) is 1.94. The van der Waals surface area contributed by atoms with Crippen LogP contribution in [0, 0.1) is 17.2 Å². The number of thiol groups is 1. The van der Waals surface area contributed by atoms with Crippen LogP contribution in [0.2, 0.25) is 5.02 Å². The number of carbonyl (C=O) groups is 4. The number of rotatable bonds is 12. The summed E-state index contributed by atoms with van der Waals surface area (Å²) in [6, 6.07) is 12.0. The summed E-state index contributed by atoms with van der Waals surface area (Å²) in [5.74, 6) is -0.132. The molecule has 1 spiro atoms. The molecule has 2 aromatic carbocycles. The fourth-order valence-electron chi connectivity index (χ4n) is 8.54. The standard InChI is InChI=1S/C42H46ClF3N8O5S/c1-3-26-17-30(54-40(60)53(39(58)41(54)12-4-13-41)31-21-32(42(44,45)46)34(22-47)48-23-31)5-7-35(26)59-16-11-25-9-14-52(15-10-25)24(2)37(56)50-29-19-27(43)18-28(20-29)49-33-6-8-36(55)51-38(33)57/h5,7,17-21,23-25,33,40,49,60H,3-4,6,8-16H2,1-2H3,(H,50,56)(H,51,55,57)/t24-,33-,40+/m0/s1. The van der Waals surface area contributed by atoms with Crippen molar-refractivity contribution in [3.05, 3.63) is 70.5 Å². The lowest BCUT2D eigenvalue weighted by Crippen LogP contribution is -2.55. The van der Waals surface area contributed by atoms with E-state index in [0.29, 0.717) is 66.0 Å². The Bertz CT molecular complexity index is 2210. The van der Waals surface area contributed by atoms with Crippen LogP contribution in [0.4, 0.5) is 35.9 Å². The summed E-state index contributed by atoms with van der Waals surface area (Å²) in [6.45, 7) is 5.83. The summed E-state index contributed by atoms with van der Waals surface area (Å²) in [4.78, 5) is 60.0. The third kappa shape index (κ3) is 8.73. The van der Waals surface area contributed by atoms with E-state index in [1.807, 2.05) is 36.9 Å². The average Bonchev–Trinajstić information content (AvgIpc) is 3.44. The second kappa shape index (κ2) is 17.5. The predicted molar refractivity (Wildman–Crippen MR) is 223 cm³/mol. The Morgan fingerprint density at radius 2 is 1.83 bits per heavy atom. The number of imide groups is 1. The van der Waals surface area contributed by atoms with Gasteiger partial charge in [0.05, 0.1) is 30.1 Å². The highest BCUT2D eigenvalue weighted by molar-refractivity contribution is 7.81. The highest BCUT2D eigenvalue weighted by atomic mass is 35.5. The molecule has 7 rings (SSSR count). The van der Waals surface area contributed by atoms with Crippen LogP contribution in [0.15, 0.2) is 48.7 Å². The molecule has 0 bridgehead atoms. The van der Waals surface area contributed by atoms with Gasteiger partial charge in [-0.15, -0.1) is 12.6 Å². The largest absolute Gasteiger partial charge is 0.493 e. The molecule has 3 saturated heterocycles. The van der Waals surface area contributed by atoms with Gasteiger partial charge < -0.3 is 20.3 Å². The van der Waals surface area contributed by atoms with Crippen molar-refractivity contribution in [1.82, 2.24) is 15.2 Å². The van der Waals surface area contributed by atoms with E-state index in [2.05, 4.69) is 25.8 Å². The fourth-order valence-corrected chi connectivity index (χ4v) is 9.37. The van der Waals surface area contributed by atoms with Gasteiger partial charge in [0.1, 0.15) is 23.4 Å². The van der Waals surface area contributed by atoms with E-state index in [9.17, 15) is 37.6 Å². The quantitative estimate of drug-likeness (QED) is 0.111. The van der Waals surface area contributed by atoms with E-state index in [4.69, 9.17) is 29.0 Å². The Hall–Kier alpha value is -5.05. The molecule has 4 amide bonds. The lowest BCUT2D eigenvalue weighted by Gasteiger charge is -2.44. The summed E-state index contributed by atoms with van der Waals surface area (Å²) in [5, 5.41) is 18.0.